The summed E-state index contributed by atoms with van der Waals surface area (Å²) in [6.45, 7) is 3.32. The van der Waals surface area contributed by atoms with Crippen molar-refractivity contribution in [2.24, 2.45) is 0 Å². The Bertz CT molecular complexity index is 349. The molecule has 0 heterocycles. The number of esters is 1. The predicted molar refractivity (Wildman–Crippen MR) is 52.6 cm³/mol. The van der Waals surface area contributed by atoms with Crippen LogP contribution in [0.4, 0.5) is 4.39 Å². The molecule has 1 aromatic carbocycles. The lowest BCUT2D eigenvalue weighted by atomic mass is 10.1. The number of hydrogen-bond acceptors (Lipinski definition) is 3. The third-order valence-corrected chi connectivity index (χ3v) is 1.77. The second-order valence-corrected chi connectivity index (χ2v) is 3.41. The highest BCUT2D eigenvalue weighted by molar-refractivity contribution is 5.76. The maximum absolute atomic E-state index is 13.2. The van der Waals surface area contributed by atoms with Crippen LogP contribution in [0.25, 0.3) is 0 Å². The van der Waals surface area contributed by atoms with Gasteiger partial charge in [0.05, 0.1) is 6.10 Å². The van der Waals surface area contributed by atoms with Gasteiger partial charge < -0.3 is 9.84 Å². The van der Waals surface area contributed by atoms with Gasteiger partial charge in [-0.25, -0.2) is 9.18 Å². The number of carbonyl (C=O) groups is 1. The monoisotopic (exact) mass is 212 g/mol. The van der Waals surface area contributed by atoms with Gasteiger partial charge in [0.1, 0.15) is 5.82 Å². The second-order valence-electron chi connectivity index (χ2n) is 3.41. The molecule has 3 nitrogen and oxygen atoms in total. The molecule has 82 valence electrons. The standard InChI is InChI=1S/C11H13FO3/c1-7(2)15-11(14)10(13)8-5-3-4-6-9(8)12/h3-7,10,13H,1-2H3/t10-/m0/s1. The van der Waals surface area contributed by atoms with Gasteiger partial charge in [-0.1, -0.05) is 18.2 Å². The van der Waals surface area contributed by atoms with Gasteiger partial charge in [-0.05, 0) is 19.9 Å². The average Bonchev–Trinajstić information content (AvgIpc) is 2.16. The van der Waals surface area contributed by atoms with E-state index in [0.29, 0.717) is 0 Å². The molecule has 0 aliphatic carbocycles. The van der Waals surface area contributed by atoms with Crippen molar-refractivity contribution >= 4 is 5.97 Å². The maximum Gasteiger partial charge on any atom is 0.340 e. The molecule has 0 aliphatic rings. The van der Waals surface area contributed by atoms with Crippen LogP contribution in [0.1, 0.15) is 25.5 Å². The third kappa shape index (κ3) is 3.02. The lowest BCUT2D eigenvalue weighted by Gasteiger charge is -2.13. The fourth-order valence-electron chi connectivity index (χ4n) is 1.12. The molecule has 15 heavy (non-hydrogen) atoms. The fraction of sp³-hybridized carbons (Fsp3) is 0.364. The van der Waals surface area contributed by atoms with Gasteiger partial charge in [0.15, 0.2) is 6.10 Å². The minimum atomic E-state index is -1.56. The molecule has 1 atom stereocenters. The summed E-state index contributed by atoms with van der Waals surface area (Å²) in [6, 6.07) is 5.56. The van der Waals surface area contributed by atoms with Gasteiger partial charge >= 0.3 is 5.97 Å². The number of aliphatic hydroxyl groups excluding tert-OH is 1. The summed E-state index contributed by atoms with van der Waals surface area (Å²) < 4.78 is 17.9. The topological polar surface area (TPSA) is 46.5 Å². The van der Waals surface area contributed by atoms with Crippen LogP contribution >= 0.6 is 0 Å². The SMILES string of the molecule is CC(C)OC(=O)[C@@H](O)c1ccccc1F. The maximum atomic E-state index is 13.2. The number of aliphatic hydroxyl groups is 1. The lowest BCUT2D eigenvalue weighted by molar-refractivity contribution is -0.158. The summed E-state index contributed by atoms with van der Waals surface area (Å²) in [6.07, 6.45) is -1.90. The number of carbonyl (C=O) groups excluding carboxylic acids is 1. The summed E-state index contributed by atoms with van der Waals surface area (Å²) in [4.78, 5) is 11.3. The van der Waals surface area contributed by atoms with Gasteiger partial charge in [0.25, 0.3) is 0 Å². The number of hydrogen-bond donors (Lipinski definition) is 1. The quantitative estimate of drug-likeness (QED) is 0.777. The first-order chi connectivity index (χ1) is 7.02. The Labute approximate surface area is 87.5 Å². The molecule has 0 saturated heterocycles. The fourth-order valence-corrected chi connectivity index (χ4v) is 1.12. The van der Waals surface area contributed by atoms with Crippen molar-refractivity contribution in [2.45, 2.75) is 26.1 Å². The molecule has 1 N–H and O–H groups in total. The van der Waals surface area contributed by atoms with Crippen molar-refractivity contribution in [2.75, 3.05) is 0 Å². The molecule has 0 saturated carbocycles. The van der Waals surface area contributed by atoms with E-state index in [1.165, 1.54) is 18.2 Å². The van der Waals surface area contributed by atoms with Crippen LogP contribution in [0, 0.1) is 5.82 Å². The third-order valence-electron chi connectivity index (χ3n) is 1.77. The van der Waals surface area contributed by atoms with Crippen LogP contribution in [0.5, 0.6) is 0 Å². The highest BCUT2D eigenvalue weighted by Crippen LogP contribution is 2.18. The zero-order chi connectivity index (χ0) is 11.4. The van der Waals surface area contributed by atoms with Crippen LogP contribution in [0.2, 0.25) is 0 Å². The number of benzene rings is 1. The van der Waals surface area contributed by atoms with Gasteiger partial charge in [0, 0.05) is 5.56 Å². The van der Waals surface area contributed by atoms with E-state index in [0.717, 1.165) is 0 Å². The van der Waals surface area contributed by atoms with E-state index in [4.69, 9.17) is 4.74 Å². The molecule has 0 spiro atoms. The van der Waals surface area contributed by atoms with E-state index in [-0.39, 0.29) is 11.7 Å². The summed E-state index contributed by atoms with van der Waals surface area (Å²) in [5.41, 5.74) is -0.0665. The van der Waals surface area contributed by atoms with Crippen molar-refractivity contribution in [1.82, 2.24) is 0 Å². The van der Waals surface area contributed by atoms with Gasteiger partial charge in [-0.2, -0.15) is 0 Å². The van der Waals surface area contributed by atoms with Gasteiger partial charge in [-0.15, -0.1) is 0 Å². The minimum absolute atomic E-state index is 0.0665. The second kappa shape index (κ2) is 4.89. The Morgan fingerprint density at radius 3 is 2.53 bits per heavy atom. The van der Waals surface area contributed by atoms with Crippen molar-refractivity contribution in [3.05, 3.63) is 35.6 Å². The highest BCUT2D eigenvalue weighted by atomic mass is 19.1. The normalized spacial score (nSPS) is 12.6. The molecular formula is C11H13FO3. The van der Waals surface area contributed by atoms with Crippen molar-refractivity contribution in [1.29, 1.82) is 0 Å². The number of halogens is 1. The highest BCUT2D eigenvalue weighted by Gasteiger charge is 2.22. The molecule has 0 aromatic heterocycles. The van der Waals surface area contributed by atoms with Gasteiger partial charge in [-0.3, -0.25) is 0 Å². The van der Waals surface area contributed by atoms with Crippen LogP contribution in [-0.4, -0.2) is 17.2 Å². The first kappa shape index (κ1) is 11.7. The van der Waals surface area contributed by atoms with Crippen molar-refractivity contribution in [3.8, 4) is 0 Å². The molecule has 0 bridgehead atoms. The summed E-state index contributed by atoms with van der Waals surface area (Å²) in [5.74, 6) is -1.46. The molecule has 0 amide bonds. The Morgan fingerprint density at radius 1 is 1.40 bits per heavy atom. The van der Waals surface area contributed by atoms with E-state index in [2.05, 4.69) is 0 Å². The van der Waals surface area contributed by atoms with Crippen molar-refractivity contribution < 1.29 is 19.0 Å². The summed E-state index contributed by atoms with van der Waals surface area (Å²) in [7, 11) is 0. The lowest BCUT2D eigenvalue weighted by Crippen LogP contribution is -2.20. The summed E-state index contributed by atoms with van der Waals surface area (Å²) in [5, 5.41) is 9.50. The predicted octanol–water partition coefficient (Wildman–Crippen LogP) is 1.81. The zero-order valence-corrected chi connectivity index (χ0v) is 8.61. The van der Waals surface area contributed by atoms with E-state index in [1.807, 2.05) is 0 Å². The Morgan fingerprint density at radius 2 is 2.00 bits per heavy atom. The van der Waals surface area contributed by atoms with E-state index >= 15 is 0 Å². The van der Waals surface area contributed by atoms with E-state index in [1.54, 1.807) is 19.9 Å². The minimum Gasteiger partial charge on any atom is -0.461 e. The molecular weight excluding hydrogens is 199 g/mol. The van der Waals surface area contributed by atoms with Crippen LogP contribution in [-0.2, 0) is 9.53 Å². The molecule has 4 heteroatoms. The average molecular weight is 212 g/mol. The first-order valence-electron chi connectivity index (χ1n) is 4.65. The molecule has 0 radical (unpaired) electrons. The summed E-state index contributed by atoms with van der Waals surface area (Å²) >= 11 is 0. The largest absolute Gasteiger partial charge is 0.461 e. The van der Waals surface area contributed by atoms with Crippen LogP contribution in [0.3, 0.4) is 0 Å². The van der Waals surface area contributed by atoms with Gasteiger partial charge in [0.2, 0.25) is 0 Å². The zero-order valence-electron chi connectivity index (χ0n) is 8.61. The number of ether oxygens (including phenoxy) is 1. The number of rotatable bonds is 3. The smallest absolute Gasteiger partial charge is 0.340 e. The Hall–Kier alpha value is -1.42. The molecule has 1 rings (SSSR count). The van der Waals surface area contributed by atoms with E-state index in [9.17, 15) is 14.3 Å². The Kier molecular flexibility index (Phi) is 3.80. The molecule has 0 aliphatic heterocycles. The molecule has 1 aromatic rings. The van der Waals surface area contributed by atoms with Crippen LogP contribution < -0.4 is 0 Å². The Balaban J connectivity index is 2.81. The first-order valence-corrected chi connectivity index (χ1v) is 4.65. The molecule has 0 unspecified atom stereocenters. The van der Waals surface area contributed by atoms with E-state index < -0.39 is 17.9 Å². The van der Waals surface area contributed by atoms with Crippen molar-refractivity contribution in [3.63, 3.8) is 0 Å². The molecule has 0 fully saturated rings. The van der Waals surface area contributed by atoms with Crippen LogP contribution in [0.15, 0.2) is 24.3 Å².